The summed E-state index contributed by atoms with van der Waals surface area (Å²) in [4.78, 5) is 60.4. The van der Waals surface area contributed by atoms with Crippen molar-refractivity contribution in [3.05, 3.63) is 72.1 Å². The number of hydrogen-bond acceptors (Lipinski definition) is 7. The molecule has 0 spiro atoms. The van der Waals surface area contributed by atoms with Crippen molar-refractivity contribution in [3.8, 4) is 33.6 Å². The van der Waals surface area contributed by atoms with Gasteiger partial charge in [-0.05, 0) is 55.6 Å². The van der Waals surface area contributed by atoms with Crippen LogP contribution in [0.4, 0.5) is 4.79 Å². The summed E-state index contributed by atoms with van der Waals surface area (Å²) in [5.41, 5.74) is 6.75. The Bertz CT molecular complexity index is 1970. The van der Waals surface area contributed by atoms with Gasteiger partial charge in [0.2, 0.25) is 11.8 Å². The number of fused-ring (bicyclic) bond motifs is 4. The number of amides is 3. The van der Waals surface area contributed by atoms with Crippen molar-refractivity contribution in [1.29, 1.82) is 0 Å². The molecule has 7 rings (SSSR count). The average molecular weight is 778 g/mol. The molecule has 2 bridgehead atoms. The lowest BCUT2D eigenvalue weighted by Gasteiger charge is -2.28. The van der Waals surface area contributed by atoms with Crippen LogP contribution in [0.5, 0.6) is 0 Å². The highest BCUT2D eigenvalue weighted by molar-refractivity contribution is 5.86. The number of rotatable bonds is 7. The third-order valence-electron chi connectivity index (χ3n) is 12.2. The van der Waals surface area contributed by atoms with Gasteiger partial charge in [0.15, 0.2) is 0 Å². The van der Waals surface area contributed by atoms with Crippen LogP contribution in [0.1, 0.15) is 121 Å². The summed E-state index contributed by atoms with van der Waals surface area (Å²) in [6, 6.07) is 16.0. The first-order chi connectivity index (χ1) is 27.7. The Balaban J connectivity index is 1.08. The van der Waals surface area contributed by atoms with Crippen LogP contribution in [0.15, 0.2) is 54.7 Å². The predicted octanol–water partition coefficient (Wildman–Crippen LogP) is 8.74. The number of hydrogen-bond donors (Lipinski definition) is 3. The van der Waals surface area contributed by atoms with Crippen molar-refractivity contribution in [1.82, 2.24) is 35.1 Å². The van der Waals surface area contributed by atoms with Gasteiger partial charge in [0.05, 0.1) is 42.9 Å². The number of aromatic nitrogens is 4. The van der Waals surface area contributed by atoms with Crippen LogP contribution < -0.4 is 5.32 Å². The second-order valence-corrected chi connectivity index (χ2v) is 16.3. The fraction of sp³-hybridized carbons (Fsp3) is 0.533. The number of carbonyl (C=O) groups excluding carboxylic acids is 3. The standard InChI is InChI=1S/C45H59N7O5/c1-29(2)30(3)43(53)51-24-11-14-38(51)41-46-27-36(47-41)33-20-16-31(17-21-33)32-18-22-34(23-19-32)40-37-28-57-26-10-8-6-5-7-9-13-35(49-45(55)56-4)44(54)52-25-12-15-39(52)42(48-37)50-40/h16-23,27,29-30,35,38-39H,5-15,24-26,28H2,1-4H3,(H,46,47)(H,48,50)(H,49,55)/t30-,35-,38-,39-/m0/s1. The van der Waals surface area contributed by atoms with E-state index in [0.717, 1.165) is 122 Å². The molecular weight excluding hydrogens is 719 g/mol. The van der Waals surface area contributed by atoms with Gasteiger partial charge in [-0.25, -0.2) is 14.8 Å². The Hall–Kier alpha value is -4.97. The lowest BCUT2D eigenvalue weighted by atomic mass is 9.96. The molecule has 0 unspecified atom stereocenters. The molecule has 12 heteroatoms. The number of H-pyrrole nitrogens is 2. The van der Waals surface area contributed by atoms with E-state index in [2.05, 4.69) is 77.7 Å². The van der Waals surface area contributed by atoms with Crippen molar-refractivity contribution < 1.29 is 23.9 Å². The summed E-state index contributed by atoms with van der Waals surface area (Å²) in [5.74, 6) is 2.00. The van der Waals surface area contributed by atoms with Crippen LogP contribution in [0.25, 0.3) is 33.6 Å². The molecule has 0 saturated carbocycles. The van der Waals surface area contributed by atoms with E-state index < -0.39 is 12.1 Å². The maximum atomic E-state index is 14.0. The number of benzene rings is 2. The summed E-state index contributed by atoms with van der Waals surface area (Å²) in [6.45, 7) is 8.69. The largest absolute Gasteiger partial charge is 0.453 e. The SMILES string of the molecule is COC(=O)N[C@H]1CCCCCCCCOCc2[nH]c(nc2-c2ccc(-c3ccc(-c4c[nH]c([C@@H]5CCCN5C(=O)[C@@H](C)C(C)C)n4)cc3)cc2)[C@@H]2CCCN2C1=O. The normalized spacial score (nSPS) is 21.6. The summed E-state index contributed by atoms with van der Waals surface area (Å²) < 4.78 is 11.1. The Kier molecular flexibility index (Phi) is 13.1. The number of likely N-dealkylation sites (tertiary alicyclic amines) is 1. The van der Waals surface area contributed by atoms with E-state index >= 15 is 0 Å². The van der Waals surface area contributed by atoms with Crippen molar-refractivity contribution in [2.75, 3.05) is 26.8 Å². The van der Waals surface area contributed by atoms with Gasteiger partial charge in [-0.3, -0.25) is 9.59 Å². The van der Waals surface area contributed by atoms with Gasteiger partial charge in [-0.1, -0.05) is 101 Å². The molecular formula is C45H59N7O5. The molecule has 3 N–H and O–H groups in total. The van der Waals surface area contributed by atoms with E-state index in [1.165, 1.54) is 7.11 Å². The van der Waals surface area contributed by atoms with Crippen LogP contribution in [-0.4, -0.2) is 80.5 Å². The fourth-order valence-corrected chi connectivity index (χ4v) is 8.51. The van der Waals surface area contributed by atoms with Crippen LogP contribution in [0.2, 0.25) is 0 Å². The van der Waals surface area contributed by atoms with E-state index in [1.54, 1.807) is 0 Å². The molecule has 3 aliphatic rings. The molecule has 3 amide bonds. The lowest BCUT2D eigenvalue weighted by molar-refractivity contribution is -0.137. The number of imidazole rings is 2. The zero-order valence-electron chi connectivity index (χ0n) is 34.0. The maximum Gasteiger partial charge on any atom is 0.407 e. The van der Waals surface area contributed by atoms with Crippen molar-refractivity contribution >= 4 is 17.9 Å². The summed E-state index contributed by atoms with van der Waals surface area (Å²) in [5, 5.41) is 2.81. The Morgan fingerprint density at radius 1 is 0.789 bits per heavy atom. The number of aromatic amines is 2. The van der Waals surface area contributed by atoms with E-state index in [9.17, 15) is 14.4 Å². The fourth-order valence-electron chi connectivity index (χ4n) is 8.51. The molecule has 2 saturated heterocycles. The van der Waals surface area contributed by atoms with Crippen LogP contribution >= 0.6 is 0 Å². The minimum Gasteiger partial charge on any atom is -0.453 e. The van der Waals surface area contributed by atoms with E-state index in [1.807, 2.05) is 22.9 Å². The molecule has 0 aliphatic carbocycles. The molecule has 4 aromatic rings. The summed E-state index contributed by atoms with van der Waals surface area (Å²) in [6.07, 6.45) is 11.6. The predicted molar refractivity (Wildman–Crippen MR) is 220 cm³/mol. The zero-order valence-corrected chi connectivity index (χ0v) is 34.0. The van der Waals surface area contributed by atoms with Gasteiger partial charge in [0.1, 0.15) is 17.7 Å². The number of alkyl carbamates (subject to hydrolysis) is 1. The Morgan fingerprint density at radius 3 is 2.16 bits per heavy atom. The first-order valence-electron chi connectivity index (χ1n) is 21.1. The monoisotopic (exact) mass is 777 g/mol. The van der Waals surface area contributed by atoms with Crippen LogP contribution in [-0.2, 0) is 25.7 Å². The van der Waals surface area contributed by atoms with Gasteiger partial charge >= 0.3 is 6.09 Å². The highest BCUT2D eigenvalue weighted by atomic mass is 16.5. The van der Waals surface area contributed by atoms with E-state index in [-0.39, 0.29) is 29.8 Å². The molecule has 304 valence electrons. The quantitative estimate of drug-likeness (QED) is 0.170. The Labute approximate surface area is 336 Å². The maximum absolute atomic E-state index is 14.0. The molecule has 57 heavy (non-hydrogen) atoms. The third kappa shape index (κ3) is 9.27. The van der Waals surface area contributed by atoms with Crippen LogP contribution in [0, 0.1) is 11.8 Å². The second kappa shape index (κ2) is 18.5. The van der Waals surface area contributed by atoms with Gasteiger partial charge in [-0.15, -0.1) is 0 Å². The van der Waals surface area contributed by atoms with E-state index in [0.29, 0.717) is 32.1 Å². The first kappa shape index (κ1) is 40.2. The summed E-state index contributed by atoms with van der Waals surface area (Å²) in [7, 11) is 1.33. The van der Waals surface area contributed by atoms with Crippen LogP contribution in [0.3, 0.4) is 0 Å². The smallest absolute Gasteiger partial charge is 0.407 e. The topological polar surface area (TPSA) is 146 Å². The second-order valence-electron chi connectivity index (χ2n) is 16.3. The zero-order chi connectivity index (χ0) is 39.9. The van der Waals surface area contributed by atoms with Crippen molar-refractivity contribution in [2.24, 2.45) is 11.8 Å². The third-order valence-corrected chi connectivity index (χ3v) is 12.2. The Morgan fingerprint density at radius 2 is 1.44 bits per heavy atom. The van der Waals surface area contributed by atoms with Gasteiger partial charge < -0.3 is 34.6 Å². The molecule has 2 fully saturated rings. The summed E-state index contributed by atoms with van der Waals surface area (Å²) >= 11 is 0. The molecule has 3 aliphatic heterocycles. The number of methoxy groups -OCH3 is 1. The minimum absolute atomic E-state index is 0.0145. The first-order valence-corrected chi connectivity index (χ1v) is 21.1. The van der Waals surface area contributed by atoms with Gasteiger partial charge in [-0.2, -0.15) is 0 Å². The van der Waals surface area contributed by atoms with Gasteiger partial charge in [0.25, 0.3) is 0 Å². The average Bonchev–Trinajstić information content (AvgIpc) is 4.07. The molecule has 5 heterocycles. The number of nitrogens with one attached hydrogen (secondary N) is 3. The highest BCUT2D eigenvalue weighted by Gasteiger charge is 2.37. The van der Waals surface area contributed by atoms with Crippen molar-refractivity contribution in [2.45, 2.75) is 116 Å². The highest BCUT2D eigenvalue weighted by Crippen LogP contribution is 2.36. The molecule has 2 aromatic carbocycles. The minimum atomic E-state index is -0.636. The molecule has 2 aromatic heterocycles. The molecule has 0 radical (unpaired) electrons. The lowest BCUT2D eigenvalue weighted by Crippen LogP contribution is -2.48. The number of carbonyl (C=O) groups is 3. The molecule has 12 nitrogen and oxygen atoms in total. The van der Waals surface area contributed by atoms with Crippen molar-refractivity contribution in [3.63, 3.8) is 0 Å². The number of ether oxygens (including phenoxy) is 2. The van der Waals surface area contributed by atoms with Gasteiger partial charge in [0, 0.05) is 42.9 Å². The van der Waals surface area contributed by atoms with E-state index in [4.69, 9.17) is 19.4 Å². The number of nitrogens with zero attached hydrogens (tertiary/aromatic N) is 4. The molecule has 4 atom stereocenters.